The maximum Gasteiger partial charge on any atom is 0.264 e. The van der Waals surface area contributed by atoms with Crippen LogP contribution in [0.5, 0.6) is 11.5 Å². The minimum absolute atomic E-state index is 0.238. The Hall–Kier alpha value is -2.21. The van der Waals surface area contributed by atoms with Gasteiger partial charge in [-0.15, -0.1) is 0 Å². The van der Waals surface area contributed by atoms with Crippen LogP contribution in [0.15, 0.2) is 47.4 Å². The highest BCUT2D eigenvalue weighted by atomic mass is 32.2. The van der Waals surface area contributed by atoms with E-state index in [-0.39, 0.29) is 16.4 Å². The van der Waals surface area contributed by atoms with Gasteiger partial charge in [0.25, 0.3) is 10.0 Å². The largest absolute Gasteiger partial charge is 0.497 e. The van der Waals surface area contributed by atoms with Crippen molar-refractivity contribution in [2.75, 3.05) is 18.0 Å². The van der Waals surface area contributed by atoms with E-state index in [4.69, 9.17) is 9.47 Å². The zero-order valence-electron chi connectivity index (χ0n) is 15.8. The molecule has 1 aliphatic rings. The van der Waals surface area contributed by atoms with Gasteiger partial charge in [-0.1, -0.05) is 26.8 Å². The number of rotatable bonds is 3. The average molecular weight is 375 g/mol. The van der Waals surface area contributed by atoms with Gasteiger partial charge in [0.15, 0.2) is 0 Å². The summed E-state index contributed by atoms with van der Waals surface area (Å²) >= 11 is 0. The fraction of sp³-hybridized carbons (Fsp3) is 0.400. The van der Waals surface area contributed by atoms with Crippen LogP contribution in [0, 0.1) is 12.3 Å². The van der Waals surface area contributed by atoms with Gasteiger partial charge in [-0.3, -0.25) is 4.31 Å². The summed E-state index contributed by atoms with van der Waals surface area (Å²) in [7, 11) is -2.20. The lowest BCUT2D eigenvalue weighted by Crippen LogP contribution is -2.53. The van der Waals surface area contributed by atoms with Crippen LogP contribution >= 0.6 is 0 Å². The molecule has 0 N–H and O–H groups in total. The Labute approximate surface area is 155 Å². The number of anilines is 1. The first-order valence-electron chi connectivity index (χ1n) is 8.56. The molecular weight excluding hydrogens is 350 g/mol. The highest BCUT2D eigenvalue weighted by molar-refractivity contribution is 7.92. The van der Waals surface area contributed by atoms with Crippen molar-refractivity contribution in [2.45, 2.75) is 38.6 Å². The second kappa shape index (κ2) is 6.50. The molecule has 0 aliphatic carbocycles. The van der Waals surface area contributed by atoms with E-state index < -0.39 is 10.0 Å². The summed E-state index contributed by atoms with van der Waals surface area (Å²) < 4.78 is 39.7. The molecule has 3 rings (SSSR count). The van der Waals surface area contributed by atoms with Crippen molar-refractivity contribution in [2.24, 2.45) is 5.41 Å². The van der Waals surface area contributed by atoms with Gasteiger partial charge in [0.1, 0.15) is 18.1 Å². The molecule has 0 bridgehead atoms. The first kappa shape index (κ1) is 18.6. The molecule has 5 nitrogen and oxygen atoms in total. The van der Waals surface area contributed by atoms with Crippen LogP contribution in [0.25, 0.3) is 0 Å². The fourth-order valence-electron chi connectivity index (χ4n) is 3.09. The molecule has 1 aliphatic heterocycles. The van der Waals surface area contributed by atoms with Crippen LogP contribution < -0.4 is 13.8 Å². The van der Waals surface area contributed by atoms with Crippen LogP contribution in [0.4, 0.5) is 5.69 Å². The van der Waals surface area contributed by atoms with E-state index in [1.165, 1.54) is 4.31 Å². The molecule has 140 valence electrons. The highest BCUT2D eigenvalue weighted by Gasteiger charge is 2.42. The maximum absolute atomic E-state index is 13.5. The summed E-state index contributed by atoms with van der Waals surface area (Å²) in [5.41, 5.74) is 1.28. The van der Waals surface area contributed by atoms with Crippen LogP contribution in [-0.2, 0) is 10.0 Å². The van der Waals surface area contributed by atoms with Crippen LogP contribution in [0.3, 0.4) is 0 Å². The first-order valence-corrected chi connectivity index (χ1v) is 10.0. The number of nitrogens with zero attached hydrogens (tertiary/aromatic N) is 1. The predicted molar refractivity (Wildman–Crippen MR) is 103 cm³/mol. The molecule has 2 aromatic rings. The number of hydrogen-bond acceptors (Lipinski definition) is 4. The lowest BCUT2D eigenvalue weighted by atomic mass is 9.86. The fourth-order valence-corrected chi connectivity index (χ4v) is 4.91. The molecule has 0 saturated carbocycles. The highest BCUT2D eigenvalue weighted by Crippen LogP contribution is 2.42. The molecule has 26 heavy (non-hydrogen) atoms. The van der Waals surface area contributed by atoms with Crippen molar-refractivity contribution < 1.29 is 17.9 Å². The predicted octanol–water partition coefficient (Wildman–Crippen LogP) is 4.01. The summed E-state index contributed by atoms with van der Waals surface area (Å²) in [6.45, 7) is 8.34. The quantitative estimate of drug-likeness (QED) is 0.813. The lowest BCUT2D eigenvalue weighted by molar-refractivity contribution is 0.193. The Morgan fingerprint density at radius 3 is 2.35 bits per heavy atom. The Morgan fingerprint density at radius 1 is 1.12 bits per heavy atom. The SMILES string of the molecule is COc1ccc(S(=O)(=O)N2c3cc(C)ccc3OC[C@H]2C(C)(C)C)cc1. The summed E-state index contributed by atoms with van der Waals surface area (Å²) in [4.78, 5) is 0.238. The molecule has 0 saturated heterocycles. The third kappa shape index (κ3) is 3.26. The lowest BCUT2D eigenvalue weighted by Gasteiger charge is -2.43. The Kier molecular flexibility index (Phi) is 4.65. The molecule has 0 fully saturated rings. The van der Waals surface area contributed by atoms with Crippen molar-refractivity contribution in [3.05, 3.63) is 48.0 Å². The minimum Gasteiger partial charge on any atom is -0.497 e. The van der Waals surface area contributed by atoms with E-state index in [2.05, 4.69) is 0 Å². The molecular formula is C20H25NO4S. The number of ether oxygens (including phenoxy) is 2. The van der Waals surface area contributed by atoms with Crippen molar-refractivity contribution in [1.29, 1.82) is 0 Å². The second-order valence-electron chi connectivity index (χ2n) is 7.64. The number of benzene rings is 2. The normalized spacial score (nSPS) is 17.4. The van der Waals surface area contributed by atoms with Gasteiger partial charge in [0.05, 0.1) is 23.7 Å². The molecule has 2 aromatic carbocycles. The zero-order chi connectivity index (χ0) is 19.1. The second-order valence-corrected chi connectivity index (χ2v) is 9.46. The van der Waals surface area contributed by atoms with Crippen molar-refractivity contribution in [3.8, 4) is 11.5 Å². The summed E-state index contributed by atoms with van der Waals surface area (Å²) in [6.07, 6.45) is 0. The number of fused-ring (bicyclic) bond motifs is 1. The van der Waals surface area contributed by atoms with E-state index in [0.29, 0.717) is 23.8 Å². The average Bonchev–Trinajstić information content (AvgIpc) is 2.59. The van der Waals surface area contributed by atoms with E-state index >= 15 is 0 Å². The van der Waals surface area contributed by atoms with Crippen molar-refractivity contribution in [3.63, 3.8) is 0 Å². The maximum atomic E-state index is 13.5. The van der Waals surface area contributed by atoms with Gasteiger partial charge in [0, 0.05) is 0 Å². The Bertz CT molecular complexity index is 898. The molecule has 0 aromatic heterocycles. The smallest absolute Gasteiger partial charge is 0.264 e. The molecule has 0 radical (unpaired) electrons. The summed E-state index contributed by atoms with van der Waals surface area (Å²) in [6, 6.07) is 11.8. The number of sulfonamides is 1. The molecule has 0 spiro atoms. The molecule has 0 unspecified atom stereocenters. The summed E-state index contributed by atoms with van der Waals surface area (Å²) in [5.74, 6) is 1.21. The standard InChI is InChI=1S/C20H25NO4S/c1-14-6-11-18-17(12-14)21(19(13-25-18)20(2,3)4)26(22,23)16-9-7-15(24-5)8-10-16/h6-12,19H,13H2,1-5H3/t19-/m0/s1. The van der Waals surface area contributed by atoms with Gasteiger partial charge in [-0.25, -0.2) is 8.42 Å². The molecule has 1 atom stereocenters. The number of hydrogen-bond donors (Lipinski definition) is 0. The van der Waals surface area contributed by atoms with Crippen LogP contribution in [-0.4, -0.2) is 28.2 Å². The topological polar surface area (TPSA) is 55.8 Å². The Balaban J connectivity index is 2.17. The number of aryl methyl sites for hydroxylation is 1. The molecule has 1 heterocycles. The van der Waals surface area contributed by atoms with Gasteiger partial charge in [-0.2, -0.15) is 0 Å². The third-order valence-corrected chi connectivity index (χ3v) is 6.48. The van der Waals surface area contributed by atoms with Gasteiger partial charge in [0.2, 0.25) is 0 Å². The third-order valence-electron chi connectivity index (χ3n) is 4.65. The first-order chi connectivity index (χ1) is 12.1. The Morgan fingerprint density at radius 2 is 1.77 bits per heavy atom. The van der Waals surface area contributed by atoms with Gasteiger partial charge < -0.3 is 9.47 Å². The van der Waals surface area contributed by atoms with Crippen LogP contribution in [0.2, 0.25) is 0 Å². The number of methoxy groups -OCH3 is 1. The van der Waals surface area contributed by atoms with Crippen LogP contribution in [0.1, 0.15) is 26.3 Å². The molecule has 0 amide bonds. The van der Waals surface area contributed by atoms with E-state index in [1.807, 2.05) is 45.9 Å². The summed E-state index contributed by atoms with van der Waals surface area (Å²) in [5, 5.41) is 0. The van der Waals surface area contributed by atoms with E-state index in [0.717, 1.165) is 5.56 Å². The zero-order valence-corrected chi connectivity index (χ0v) is 16.6. The van der Waals surface area contributed by atoms with Gasteiger partial charge in [-0.05, 0) is 54.3 Å². The van der Waals surface area contributed by atoms with Crippen molar-refractivity contribution in [1.82, 2.24) is 0 Å². The van der Waals surface area contributed by atoms with Crippen molar-refractivity contribution >= 4 is 15.7 Å². The van der Waals surface area contributed by atoms with Gasteiger partial charge >= 0.3 is 0 Å². The van der Waals surface area contributed by atoms with E-state index in [1.54, 1.807) is 31.4 Å². The molecule has 6 heteroatoms. The minimum atomic E-state index is -3.75. The van der Waals surface area contributed by atoms with E-state index in [9.17, 15) is 8.42 Å². The monoisotopic (exact) mass is 375 g/mol.